The molecule has 3 aromatic rings. The van der Waals surface area contributed by atoms with Gasteiger partial charge < -0.3 is 10.4 Å². The molecule has 2 aromatic carbocycles. The van der Waals surface area contributed by atoms with Crippen molar-refractivity contribution in [1.29, 1.82) is 0 Å². The maximum absolute atomic E-state index is 13.6. The average Bonchev–Trinajstić information content (AvgIpc) is 3.05. The molecule has 1 aromatic heterocycles. The number of hydrogen-bond donors (Lipinski definition) is 3. The van der Waals surface area contributed by atoms with Crippen molar-refractivity contribution < 1.29 is 23.5 Å². The second kappa shape index (κ2) is 8.27. The maximum atomic E-state index is 13.6. The van der Waals surface area contributed by atoms with Crippen LogP contribution in [-0.4, -0.2) is 26.8 Å². The van der Waals surface area contributed by atoms with Crippen LogP contribution >= 0.6 is 11.6 Å². The van der Waals surface area contributed by atoms with Gasteiger partial charge in [0.1, 0.15) is 17.3 Å². The number of rotatable bonds is 6. The predicted molar refractivity (Wildman–Crippen MR) is 100 cm³/mol. The Kier molecular flexibility index (Phi) is 5.79. The zero-order valence-electron chi connectivity index (χ0n) is 14.7. The zero-order valence-corrected chi connectivity index (χ0v) is 15.4. The fraction of sp³-hybridized carbons (Fsp3) is 0.105. The van der Waals surface area contributed by atoms with E-state index < -0.39 is 41.5 Å². The summed E-state index contributed by atoms with van der Waals surface area (Å²) in [6.45, 7) is 0. The molecule has 1 heterocycles. The number of nitrogens with one attached hydrogen (secondary N) is 2. The minimum absolute atomic E-state index is 0.0729. The minimum Gasteiger partial charge on any atom is -0.481 e. The molecule has 0 radical (unpaired) electrons. The first-order chi connectivity index (χ1) is 13.7. The van der Waals surface area contributed by atoms with E-state index >= 15 is 0 Å². The highest BCUT2D eigenvalue weighted by molar-refractivity contribution is 6.31. The molecule has 7 nitrogen and oxygen atoms in total. The fourth-order valence-corrected chi connectivity index (χ4v) is 3.00. The first-order valence-electron chi connectivity index (χ1n) is 8.30. The van der Waals surface area contributed by atoms with E-state index in [1.54, 1.807) is 0 Å². The molecular formula is C19H14ClF2N3O4. The van der Waals surface area contributed by atoms with Crippen molar-refractivity contribution in [2.24, 2.45) is 0 Å². The van der Waals surface area contributed by atoms with Crippen molar-refractivity contribution in [3.8, 4) is 5.69 Å². The number of hydrogen-bond acceptors (Lipinski definition) is 3. The summed E-state index contributed by atoms with van der Waals surface area (Å²) in [5, 5.41) is 14.2. The lowest BCUT2D eigenvalue weighted by atomic mass is 10.0. The minimum atomic E-state index is -1.25. The molecule has 0 saturated heterocycles. The van der Waals surface area contributed by atoms with Gasteiger partial charge in [0.05, 0.1) is 18.2 Å². The highest BCUT2D eigenvalue weighted by Gasteiger charge is 2.23. The van der Waals surface area contributed by atoms with Crippen LogP contribution in [0.3, 0.4) is 0 Å². The maximum Gasteiger partial charge on any atom is 0.305 e. The topological polar surface area (TPSA) is 104 Å². The van der Waals surface area contributed by atoms with Crippen LogP contribution in [0.1, 0.15) is 28.5 Å². The third-order valence-corrected chi connectivity index (χ3v) is 4.39. The molecule has 0 aliphatic carbocycles. The van der Waals surface area contributed by atoms with Gasteiger partial charge in [-0.15, -0.1) is 0 Å². The van der Waals surface area contributed by atoms with E-state index in [4.69, 9.17) is 16.7 Å². The average molecular weight is 422 g/mol. The number of carboxylic acids is 1. The fourth-order valence-electron chi connectivity index (χ4n) is 2.75. The van der Waals surface area contributed by atoms with E-state index in [1.807, 2.05) is 0 Å². The Morgan fingerprint density at radius 3 is 2.55 bits per heavy atom. The van der Waals surface area contributed by atoms with Gasteiger partial charge in [-0.25, -0.2) is 13.5 Å². The largest absolute Gasteiger partial charge is 0.481 e. The number of amides is 1. The normalized spacial score (nSPS) is 11.8. The Labute approximate surface area is 167 Å². The lowest BCUT2D eigenvalue weighted by Crippen LogP contribution is -2.31. The Balaban J connectivity index is 1.91. The van der Waals surface area contributed by atoms with E-state index in [9.17, 15) is 23.2 Å². The Hall–Kier alpha value is -3.46. The van der Waals surface area contributed by atoms with E-state index in [0.29, 0.717) is 0 Å². The summed E-state index contributed by atoms with van der Waals surface area (Å²) in [6, 6.07) is 8.35. The van der Waals surface area contributed by atoms with E-state index in [0.717, 1.165) is 28.9 Å². The smallest absolute Gasteiger partial charge is 0.305 e. The second-order valence-electron chi connectivity index (χ2n) is 6.11. The quantitative estimate of drug-likeness (QED) is 0.569. The van der Waals surface area contributed by atoms with Gasteiger partial charge in [0, 0.05) is 11.1 Å². The van der Waals surface area contributed by atoms with E-state index in [1.165, 1.54) is 24.3 Å². The molecule has 3 N–H and O–H groups in total. The van der Waals surface area contributed by atoms with Gasteiger partial charge in [0.2, 0.25) is 0 Å². The number of halogens is 3. The number of benzene rings is 2. The van der Waals surface area contributed by atoms with Gasteiger partial charge in [-0.1, -0.05) is 17.7 Å². The molecule has 3 rings (SSSR count). The summed E-state index contributed by atoms with van der Waals surface area (Å²) < 4.78 is 27.9. The number of aromatic nitrogens is 2. The molecule has 1 atom stereocenters. The first-order valence-corrected chi connectivity index (χ1v) is 8.68. The molecule has 0 saturated carbocycles. The summed E-state index contributed by atoms with van der Waals surface area (Å²) in [6.07, 6.45) is -0.566. The van der Waals surface area contributed by atoms with Gasteiger partial charge in [-0.05, 0) is 42.0 Å². The number of carboxylic acid groups (broad SMARTS) is 1. The van der Waals surface area contributed by atoms with Gasteiger partial charge in [0.25, 0.3) is 11.5 Å². The lowest BCUT2D eigenvalue weighted by molar-refractivity contribution is -0.137. The van der Waals surface area contributed by atoms with Crippen LogP contribution in [0, 0.1) is 11.6 Å². The molecular weight excluding hydrogens is 408 g/mol. The monoisotopic (exact) mass is 421 g/mol. The summed E-state index contributed by atoms with van der Waals surface area (Å²) >= 11 is 6.02. The molecule has 0 aliphatic heterocycles. The Bertz CT molecular complexity index is 1140. The number of aliphatic carboxylic acids is 1. The SMILES string of the molecule is O=C(O)CC(NC(=O)c1cc(=O)n(-c2cccc(F)c2)[nH]1)c1cc(F)ccc1Cl. The molecule has 0 bridgehead atoms. The molecule has 0 aliphatic rings. The van der Waals surface area contributed by atoms with Gasteiger partial charge in [-0.3, -0.25) is 19.5 Å². The number of carbonyl (C=O) groups is 2. The number of H-pyrrole nitrogens is 1. The van der Waals surface area contributed by atoms with Crippen LogP contribution in [0.2, 0.25) is 5.02 Å². The van der Waals surface area contributed by atoms with Crippen molar-refractivity contribution in [3.05, 3.63) is 86.8 Å². The lowest BCUT2D eigenvalue weighted by Gasteiger charge is -2.18. The van der Waals surface area contributed by atoms with Crippen LogP contribution in [0.15, 0.2) is 53.3 Å². The third kappa shape index (κ3) is 4.69. The van der Waals surface area contributed by atoms with Crippen LogP contribution in [0.4, 0.5) is 8.78 Å². The van der Waals surface area contributed by atoms with E-state index in [-0.39, 0.29) is 22.0 Å². The van der Waals surface area contributed by atoms with Crippen LogP contribution in [0.25, 0.3) is 5.69 Å². The van der Waals surface area contributed by atoms with Crippen molar-refractivity contribution in [1.82, 2.24) is 15.1 Å². The van der Waals surface area contributed by atoms with Gasteiger partial charge >= 0.3 is 5.97 Å². The van der Waals surface area contributed by atoms with E-state index in [2.05, 4.69) is 10.4 Å². The van der Waals surface area contributed by atoms with Gasteiger partial charge in [0.15, 0.2) is 0 Å². The second-order valence-corrected chi connectivity index (χ2v) is 6.52. The van der Waals surface area contributed by atoms with Crippen molar-refractivity contribution in [3.63, 3.8) is 0 Å². The number of carbonyl (C=O) groups excluding carboxylic acids is 1. The molecule has 150 valence electrons. The number of aromatic amines is 1. The summed E-state index contributed by atoms with van der Waals surface area (Å²) in [7, 11) is 0. The number of nitrogens with zero attached hydrogens (tertiary/aromatic N) is 1. The summed E-state index contributed by atoms with van der Waals surface area (Å²) in [5.74, 6) is -3.29. The van der Waals surface area contributed by atoms with Crippen LogP contribution in [-0.2, 0) is 4.79 Å². The van der Waals surface area contributed by atoms with Crippen molar-refractivity contribution in [2.75, 3.05) is 0 Å². The Morgan fingerprint density at radius 1 is 1.14 bits per heavy atom. The summed E-state index contributed by atoms with van der Waals surface area (Å²) in [5.41, 5.74) is -0.569. The molecule has 1 unspecified atom stereocenters. The highest BCUT2D eigenvalue weighted by atomic mass is 35.5. The molecule has 10 heteroatoms. The van der Waals surface area contributed by atoms with Crippen molar-refractivity contribution in [2.45, 2.75) is 12.5 Å². The first kappa shape index (κ1) is 20.3. The predicted octanol–water partition coefficient (Wildman–Crippen LogP) is 3.04. The standard InChI is InChI=1S/C19H14ClF2N3O4/c20-14-5-4-11(22)7-13(14)15(9-18(27)28)23-19(29)16-8-17(26)25(24-16)12-3-1-2-10(21)6-12/h1-8,15,24H,9H2,(H,23,29)(H,27,28). The van der Waals surface area contributed by atoms with Crippen LogP contribution in [0.5, 0.6) is 0 Å². The molecule has 1 amide bonds. The molecule has 0 spiro atoms. The Morgan fingerprint density at radius 2 is 1.86 bits per heavy atom. The third-order valence-electron chi connectivity index (χ3n) is 4.05. The molecule has 29 heavy (non-hydrogen) atoms. The van der Waals surface area contributed by atoms with Crippen molar-refractivity contribution >= 4 is 23.5 Å². The van der Waals surface area contributed by atoms with Crippen LogP contribution < -0.4 is 10.9 Å². The summed E-state index contributed by atoms with van der Waals surface area (Å²) in [4.78, 5) is 35.9. The zero-order chi connectivity index (χ0) is 21.1. The highest BCUT2D eigenvalue weighted by Crippen LogP contribution is 2.26. The van der Waals surface area contributed by atoms with Gasteiger partial charge in [-0.2, -0.15) is 0 Å². The molecule has 0 fully saturated rings.